The average molecular weight is 286 g/mol. The van der Waals surface area contributed by atoms with Gasteiger partial charge in [0.15, 0.2) is 0 Å². The Hall–Kier alpha value is -2.05. The predicted molar refractivity (Wildman–Crippen MR) is 66.0 cm³/mol. The van der Waals surface area contributed by atoms with Crippen molar-refractivity contribution in [2.45, 2.75) is 12.6 Å². The molecule has 0 aliphatic carbocycles. The minimum atomic E-state index is -4.45. The Labute approximate surface area is 113 Å². The highest BCUT2D eigenvalue weighted by Gasteiger charge is 2.36. The first-order chi connectivity index (χ1) is 9.37. The van der Waals surface area contributed by atoms with Crippen molar-refractivity contribution in [2.75, 3.05) is 18.0 Å². The Balaban J connectivity index is 1.97. The van der Waals surface area contributed by atoms with E-state index in [-0.39, 0.29) is 18.9 Å². The minimum Gasteiger partial charge on any atom is -0.347 e. The van der Waals surface area contributed by atoms with Crippen molar-refractivity contribution in [3.05, 3.63) is 30.3 Å². The third-order valence-electron chi connectivity index (χ3n) is 3.03. The molecule has 0 saturated carbocycles. The Kier molecular flexibility index (Phi) is 3.96. The van der Waals surface area contributed by atoms with Gasteiger partial charge >= 0.3 is 6.18 Å². The molecule has 1 fully saturated rings. The lowest BCUT2D eigenvalue weighted by molar-refractivity contribution is -0.140. The van der Waals surface area contributed by atoms with Crippen LogP contribution in [0.2, 0.25) is 0 Å². The average Bonchev–Trinajstić information content (AvgIpc) is 2.78. The maximum absolute atomic E-state index is 12.0. The van der Waals surface area contributed by atoms with Crippen molar-refractivity contribution in [3.63, 3.8) is 0 Å². The number of amides is 2. The van der Waals surface area contributed by atoms with Gasteiger partial charge in [-0.2, -0.15) is 13.2 Å². The number of carbonyl (C=O) groups excluding carboxylic acids is 2. The number of nitrogens with one attached hydrogen (secondary N) is 1. The van der Waals surface area contributed by atoms with Crippen LogP contribution in [0.3, 0.4) is 0 Å². The van der Waals surface area contributed by atoms with Crippen LogP contribution in [0.25, 0.3) is 0 Å². The number of alkyl halides is 3. The van der Waals surface area contributed by atoms with Gasteiger partial charge in [-0.25, -0.2) is 0 Å². The van der Waals surface area contributed by atoms with E-state index in [1.54, 1.807) is 30.3 Å². The molecule has 0 bridgehead atoms. The molecule has 108 valence electrons. The summed E-state index contributed by atoms with van der Waals surface area (Å²) in [6.07, 6.45) is -4.52. The lowest BCUT2D eigenvalue weighted by Crippen LogP contribution is -2.38. The predicted octanol–water partition coefficient (Wildman–Crippen LogP) is 1.72. The van der Waals surface area contributed by atoms with E-state index in [0.717, 1.165) is 0 Å². The maximum Gasteiger partial charge on any atom is 0.405 e. The molecule has 1 N–H and O–H groups in total. The standard InChI is InChI=1S/C13H13F3N2O2/c14-13(15,16)8-17-12(20)9-6-11(19)18(7-9)10-4-2-1-3-5-10/h1-5,9H,6-8H2,(H,17,20). The molecule has 1 atom stereocenters. The molecule has 4 nitrogen and oxygen atoms in total. The highest BCUT2D eigenvalue weighted by molar-refractivity contribution is 6.00. The van der Waals surface area contributed by atoms with Crippen LogP contribution in [0.4, 0.5) is 18.9 Å². The second-order valence-electron chi connectivity index (χ2n) is 4.57. The number of rotatable bonds is 3. The summed E-state index contributed by atoms with van der Waals surface area (Å²) in [7, 11) is 0. The molecule has 2 amide bonds. The van der Waals surface area contributed by atoms with Crippen LogP contribution in [0, 0.1) is 5.92 Å². The van der Waals surface area contributed by atoms with Gasteiger partial charge in [-0.05, 0) is 12.1 Å². The monoisotopic (exact) mass is 286 g/mol. The third-order valence-corrected chi connectivity index (χ3v) is 3.03. The number of para-hydroxylation sites is 1. The smallest absolute Gasteiger partial charge is 0.347 e. The summed E-state index contributed by atoms with van der Waals surface area (Å²) in [6.45, 7) is -1.27. The van der Waals surface area contributed by atoms with E-state index in [0.29, 0.717) is 5.69 Å². The van der Waals surface area contributed by atoms with Crippen molar-refractivity contribution in [1.29, 1.82) is 0 Å². The molecule has 1 unspecified atom stereocenters. The molecule has 0 radical (unpaired) electrons. The van der Waals surface area contributed by atoms with Gasteiger partial charge in [-0.3, -0.25) is 9.59 Å². The first-order valence-corrected chi connectivity index (χ1v) is 6.07. The molecule has 0 spiro atoms. The van der Waals surface area contributed by atoms with E-state index in [9.17, 15) is 22.8 Å². The molecule has 1 aromatic rings. The van der Waals surface area contributed by atoms with Gasteiger partial charge < -0.3 is 10.2 Å². The second-order valence-corrected chi connectivity index (χ2v) is 4.57. The summed E-state index contributed by atoms with van der Waals surface area (Å²) in [4.78, 5) is 24.9. The Bertz CT molecular complexity index is 502. The van der Waals surface area contributed by atoms with Crippen LogP contribution >= 0.6 is 0 Å². The normalized spacial score (nSPS) is 19.2. The third kappa shape index (κ3) is 3.49. The van der Waals surface area contributed by atoms with Crippen LogP contribution in [-0.4, -0.2) is 31.1 Å². The maximum atomic E-state index is 12.0. The number of hydrogen-bond acceptors (Lipinski definition) is 2. The quantitative estimate of drug-likeness (QED) is 0.919. The molecule has 1 aliphatic rings. The lowest BCUT2D eigenvalue weighted by atomic mass is 10.1. The zero-order valence-corrected chi connectivity index (χ0v) is 10.5. The summed E-state index contributed by atoms with van der Waals surface area (Å²) in [6, 6.07) is 8.72. The van der Waals surface area contributed by atoms with E-state index < -0.39 is 24.5 Å². The van der Waals surface area contributed by atoms with Crippen LogP contribution in [0.15, 0.2) is 30.3 Å². The Morgan fingerprint density at radius 2 is 1.95 bits per heavy atom. The molecule has 1 heterocycles. The molecule has 1 saturated heterocycles. The molecular weight excluding hydrogens is 273 g/mol. The fraction of sp³-hybridized carbons (Fsp3) is 0.385. The van der Waals surface area contributed by atoms with Crippen molar-refractivity contribution in [2.24, 2.45) is 5.92 Å². The molecule has 0 aromatic heterocycles. The number of halogens is 3. The lowest BCUT2D eigenvalue weighted by Gasteiger charge is -2.16. The van der Waals surface area contributed by atoms with Gasteiger partial charge in [0.1, 0.15) is 6.54 Å². The molecule has 20 heavy (non-hydrogen) atoms. The van der Waals surface area contributed by atoms with E-state index in [4.69, 9.17) is 0 Å². The van der Waals surface area contributed by atoms with Gasteiger partial charge in [0.05, 0.1) is 5.92 Å². The number of benzene rings is 1. The summed E-state index contributed by atoms with van der Waals surface area (Å²) in [5.74, 6) is -1.75. The fourth-order valence-corrected chi connectivity index (χ4v) is 2.07. The number of hydrogen-bond donors (Lipinski definition) is 1. The van der Waals surface area contributed by atoms with E-state index in [2.05, 4.69) is 0 Å². The fourth-order valence-electron chi connectivity index (χ4n) is 2.07. The molecule has 1 aromatic carbocycles. The van der Waals surface area contributed by atoms with Crippen molar-refractivity contribution >= 4 is 17.5 Å². The van der Waals surface area contributed by atoms with E-state index in [1.807, 2.05) is 5.32 Å². The van der Waals surface area contributed by atoms with Crippen LogP contribution in [-0.2, 0) is 9.59 Å². The van der Waals surface area contributed by atoms with E-state index >= 15 is 0 Å². The first kappa shape index (κ1) is 14.4. The van der Waals surface area contributed by atoms with Gasteiger partial charge in [-0.1, -0.05) is 18.2 Å². The topological polar surface area (TPSA) is 49.4 Å². The van der Waals surface area contributed by atoms with Gasteiger partial charge in [0.25, 0.3) is 0 Å². The highest BCUT2D eigenvalue weighted by Crippen LogP contribution is 2.25. The first-order valence-electron chi connectivity index (χ1n) is 6.07. The van der Waals surface area contributed by atoms with Gasteiger partial charge in [0.2, 0.25) is 11.8 Å². The van der Waals surface area contributed by atoms with Gasteiger partial charge in [0, 0.05) is 18.7 Å². The Morgan fingerprint density at radius 3 is 2.55 bits per heavy atom. The summed E-state index contributed by atoms with van der Waals surface area (Å²) >= 11 is 0. The van der Waals surface area contributed by atoms with Crippen LogP contribution in [0.5, 0.6) is 0 Å². The van der Waals surface area contributed by atoms with Crippen LogP contribution < -0.4 is 10.2 Å². The van der Waals surface area contributed by atoms with Crippen molar-refractivity contribution < 1.29 is 22.8 Å². The molecule has 1 aliphatic heterocycles. The highest BCUT2D eigenvalue weighted by atomic mass is 19.4. The summed E-state index contributed by atoms with van der Waals surface area (Å²) in [5, 5.41) is 1.81. The number of carbonyl (C=O) groups is 2. The second kappa shape index (κ2) is 5.52. The van der Waals surface area contributed by atoms with Gasteiger partial charge in [-0.15, -0.1) is 0 Å². The summed E-state index contributed by atoms with van der Waals surface area (Å²) < 4.78 is 36.1. The molecular formula is C13H13F3N2O2. The van der Waals surface area contributed by atoms with Crippen LogP contribution in [0.1, 0.15) is 6.42 Å². The van der Waals surface area contributed by atoms with Crippen molar-refractivity contribution in [3.8, 4) is 0 Å². The minimum absolute atomic E-state index is 0.0708. The molecule has 7 heteroatoms. The number of nitrogens with zero attached hydrogens (tertiary/aromatic N) is 1. The zero-order chi connectivity index (χ0) is 14.8. The number of anilines is 1. The SMILES string of the molecule is O=C(NCC(F)(F)F)C1CC(=O)N(c2ccccc2)C1. The van der Waals surface area contributed by atoms with E-state index in [1.165, 1.54) is 4.90 Å². The Morgan fingerprint density at radius 1 is 1.30 bits per heavy atom. The zero-order valence-electron chi connectivity index (χ0n) is 10.5. The largest absolute Gasteiger partial charge is 0.405 e. The summed E-state index contributed by atoms with van der Waals surface area (Å²) in [5.41, 5.74) is 0.642. The molecule has 2 rings (SSSR count). The van der Waals surface area contributed by atoms with Crippen molar-refractivity contribution in [1.82, 2.24) is 5.32 Å².